The Balaban J connectivity index is 1.99. The third kappa shape index (κ3) is 2.15. The first-order valence-electron chi connectivity index (χ1n) is 5.87. The van der Waals surface area contributed by atoms with Gasteiger partial charge in [-0.2, -0.15) is 13.2 Å². The molecule has 1 fully saturated rings. The first-order valence-corrected chi connectivity index (χ1v) is 6.66. The van der Waals surface area contributed by atoms with Gasteiger partial charge < -0.3 is 10.1 Å². The summed E-state index contributed by atoms with van der Waals surface area (Å²) in [6.45, 7) is -1.84. The third-order valence-electron chi connectivity index (χ3n) is 3.36. The predicted molar refractivity (Wildman–Crippen MR) is 67.6 cm³/mol. The molecule has 3 rings (SSSR count). The van der Waals surface area contributed by atoms with Crippen LogP contribution in [-0.2, 0) is 10.3 Å². The maximum atomic E-state index is 12.5. The van der Waals surface area contributed by atoms with E-state index < -0.39 is 30.2 Å². The quantitative estimate of drug-likeness (QED) is 0.776. The van der Waals surface area contributed by atoms with E-state index in [-0.39, 0.29) is 11.5 Å². The van der Waals surface area contributed by atoms with E-state index in [1.54, 1.807) is 18.2 Å². The van der Waals surface area contributed by atoms with Gasteiger partial charge in [0.1, 0.15) is 18.9 Å². The number of carbonyl (C=O) groups excluding carboxylic acids is 2. The number of carbonyl (C=O) groups is 2. The largest absolute Gasteiger partial charge is 0.490 e. The lowest BCUT2D eigenvalue weighted by atomic mass is 9.92. The number of benzene rings is 1. The second-order valence-electron chi connectivity index (χ2n) is 4.77. The second kappa shape index (κ2) is 4.36. The lowest BCUT2D eigenvalue weighted by Gasteiger charge is -2.20. The summed E-state index contributed by atoms with van der Waals surface area (Å²) in [6.07, 6.45) is -4.65. The van der Waals surface area contributed by atoms with E-state index >= 15 is 0 Å². The molecule has 0 radical (unpaired) electrons. The minimum absolute atomic E-state index is 0.167. The highest BCUT2D eigenvalue weighted by Gasteiger charge is 2.58. The van der Waals surface area contributed by atoms with Crippen molar-refractivity contribution >= 4 is 27.9 Å². The predicted octanol–water partition coefficient (Wildman–Crippen LogP) is 2.15. The summed E-state index contributed by atoms with van der Waals surface area (Å²) >= 11 is 3.23. The lowest BCUT2D eigenvalue weighted by Crippen LogP contribution is -2.46. The number of hydrogen-bond donors (Lipinski definition) is 1. The maximum Gasteiger partial charge on any atom is 0.406 e. The van der Waals surface area contributed by atoms with Crippen molar-refractivity contribution in [2.45, 2.75) is 11.7 Å². The van der Waals surface area contributed by atoms with Crippen LogP contribution in [0.3, 0.4) is 0 Å². The number of fused-ring (bicyclic) bond motifs is 2. The monoisotopic (exact) mass is 364 g/mol. The highest BCUT2D eigenvalue weighted by atomic mass is 79.9. The third-order valence-corrected chi connectivity index (χ3v) is 3.85. The van der Waals surface area contributed by atoms with Gasteiger partial charge in [0.15, 0.2) is 5.54 Å². The summed E-state index contributed by atoms with van der Waals surface area (Å²) in [5, 5.41) is 2.32. The van der Waals surface area contributed by atoms with E-state index in [1.165, 1.54) is 0 Å². The van der Waals surface area contributed by atoms with E-state index in [9.17, 15) is 22.8 Å². The molecule has 112 valence electrons. The Morgan fingerprint density at radius 2 is 2.10 bits per heavy atom. The van der Waals surface area contributed by atoms with Gasteiger partial charge in [0.2, 0.25) is 0 Å². The molecule has 2 heterocycles. The molecule has 1 aromatic carbocycles. The van der Waals surface area contributed by atoms with E-state index in [0.29, 0.717) is 15.8 Å². The zero-order chi connectivity index (χ0) is 15.4. The Bertz CT molecular complexity index is 649. The molecule has 2 aliphatic heterocycles. The molecular weight excluding hydrogens is 357 g/mol. The first kappa shape index (κ1) is 14.2. The highest BCUT2D eigenvalue weighted by molar-refractivity contribution is 9.10. The Morgan fingerprint density at radius 3 is 2.76 bits per heavy atom. The summed E-state index contributed by atoms with van der Waals surface area (Å²) in [5.74, 6) is -0.599. The summed E-state index contributed by atoms with van der Waals surface area (Å²) in [7, 11) is 0. The van der Waals surface area contributed by atoms with Crippen molar-refractivity contribution in [1.29, 1.82) is 0 Å². The van der Waals surface area contributed by atoms with Gasteiger partial charge in [0.05, 0.1) is 0 Å². The van der Waals surface area contributed by atoms with Crippen molar-refractivity contribution in [2.24, 2.45) is 0 Å². The maximum absolute atomic E-state index is 12.5. The number of imide groups is 1. The normalized spacial score (nSPS) is 24.3. The molecule has 5 nitrogen and oxygen atoms in total. The fourth-order valence-electron chi connectivity index (χ4n) is 2.46. The van der Waals surface area contributed by atoms with Gasteiger partial charge in [-0.05, 0) is 12.1 Å². The average molecular weight is 365 g/mol. The zero-order valence-corrected chi connectivity index (χ0v) is 11.9. The van der Waals surface area contributed by atoms with Crippen molar-refractivity contribution < 1.29 is 27.5 Å². The van der Waals surface area contributed by atoms with Crippen LogP contribution in [0.5, 0.6) is 5.75 Å². The van der Waals surface area contributed by atoms with Crippen LogP contribution in [0.15, 0.2) is 22.7 Å². The van der Waals surface area contributed by atoms with E-state index in [1.807, 2.05) is 0 Å². The molecule has 0 saturated carbocycles. The Labute approximate surface area is 125 Å². The fraction of sp³-hybridized carbons (Fsp3) is 0.333. The SMILES string of the molecule is O=C1NC2(COc3cc(Br)ccc32)C(=O)N1CC(F)(F)F. The molecule has 1 saturated heterocycles. The van der Waals surface area contributed by atoms with Crippen LogP contribution in [0, 0.1) is 0 Å². The molecular formula is C12H8BrF3N2O3. The fourth-order valence-corrected chi connectivity index (χ4v) is 2.80. The van der Waals surface area contributed by atoms with Gasteiger partial charge in [-0.1, -0.05) is 22.0 Å². The smallest absolute Gasteiger partial charge is 0.406 e. The number of ether oxygens (including phenoxy) is 1. The zero-order valence-electron chi connectivity index (χ0n) is 10.3. The molecule has 3 amide bonds. The van der Waals surface area contributed by atoms with E-state index in [4.69, 9.17) is 4.74 Å². The first-order chi connectivity index (χ1) is 9.73. The van der Waals surface area contributed by atoms with Gasteiger partial charge in [-0.3, -0.25) is 9.69 Å². The van der Waals surface area contributed by atoms with Crippen molar-refractivity contribution in [3.05, 3.63) is 28.2 Å². The van der Waals surface area contributed by atoms with Crippen LogP contribution in [0.2, 0.25) is 0 Å². The number of alkyl halides is 3. The van der Waals surface area contributed by atoms with Gasteiger partial charge in [-0.25, -0.2) is 4.79 Å². The van der Waals surface area contributed by atoms with Crippen molar-refractivity contribution in [3.8, 4) is 5.75 Å². The van der Waals surface area contributed by atoms with Crippen molar-refractivity contribution in [2.75, 3.05) is 13.2 Å². The molecule has 2 aliphatic rings. The van der Waals surface area contributed by atoms with E-state index in [0.717, 1.165) is 0 Å². The number of hydrogen-bond acceptors (Lipinski definition) is 3. The van der Waals surface area contributed by atoms with Gasteiger partial charge in [-0.15, -0.1) is 0 Å². The molecule has 0 aromatic heterocycles. The van der Waals surface area contributed by atoms with Gasteiger partial charge >= 0.3 is 12.2 Å². The molecule has 1 unspecified atom stereocenters. The summed E-state index contributed by atoms with van der Waals surface area (Å²) in [5.41, 5.74) is -1.22. The molecule has 21 heavy (non-hydrogen) atoms. The Kier molecular flexibility index (Phi) is 2.94. The Morgan fingerprint density at radius 1 is 1.38 bits per heavy atom. The molecule has 1 atom stereocenters. The number of urea groups is 1. The van der Waals surface area contributed by atoms with Crippen LogP contribution >= 0.6 is 15.9 Å². The van der Waals surface area contributed by atoms with Gasteiger partial charge in [0.25, 0.3) is 5.91 Å². The molecule has 1 aromatic rings. The molecule has 0 aliphatic carbocycles. The van der Waals surface area contributed by atoms with Crippen LogP contribution in [-0.4, -0.2) is 36.2 Å². The number of amides is 3. The number of rotatable bonds is 1. The summed E-state index contributed by atoms with van der Waals surface area (Å²) < 4.78 is 43.4. The van der Waals surface area contributed by atoms with Gasteiger partial charge in [0, 0.05) is 10.0 Å². The lowest BCUT2D eigenvalue weighted by molar-refractivity contribution is -0.155. The van der Waals surface area contributed by atoms with Crippen LogP contribution in [0.4, 0.5) is 18.0 Å². The minimum Gasteiger partial charge on any atom is -0.490 e. The standard InChI is InChI=1S/C12H8BrF3N2O3/c13-6-1-2-7-8(3-6)21-5-11(7)9(19)18(10(20)17-11)4-12(14,15)16/h1-3H,4-5H2,(H,17,20). The van der Waals surface area contributed by atoms with Crippen molar-refractivity contribution in [1.82, 2.24) is 10.2 Å². The molecule has 9 heteroatoms. The summed E-state index contributed by atoms with van der Waals surface area (Å²) in [6, 6.07) is 3.69. The molecule has 1 spiro atoms. The van der Waals surface area contributed by atoms with Crippen molar-refractivity contribution in [3.63, 3.8) is 0 Å². The van der Waals surface area contributed by atoms with Crippen LogP contribution in [0.1, 0.15) is 5.56 Å². The average Bonchev–Trinajstić information content (AvgIpc) is 2.83. The number of nitrogens with zero attached hydrogens (tertiary/aromatic N) is 1. The molecule has 0 bridgehead atoms. The Hall–Kier alpha value is -1.77. The van der Waals surface area contributed by atoms with Crippen LogP contribution in [0.25, 0.3) is 0 Å². The topological polar surface area (TPSA) is 58.6 Å². The van der Waals surface area contributed by atoms with E-state index in [2.05, 4.69) is 21.2 Å². The number of halogens is 4. The number of nitrogens with one attached hydrogen (secondary N) is 1. The second-order valence-corrected chi connectivity index (χ2v) is 5.69. The van der Waals surface area contributed by atoms with Crippen LogP contribution < -0.4 is 10.1 Å². The highest BCUT2D eigenvalue weighted by Crippen LogP contribution is 2.42. The minimum atomic E-state index is -4.65. The summed E-state index contributed by atoms with van der Waals surface area (Å²) in [4.78, 5) is 24.2. The molecule has 1 N–H and O–H groups in total.